The zero-order valence-electron chi connectivity index (χ0n) is 11.8. The second-order valence-electron chi connectivity index (χ2n) is 5.70. The zero-order valence-corrected chi connectivity index (χ0v) is 11.8. The SMILES string of the molecule is CCCC(=O)NC1CCN(C(=O)CC2CNC2)CC1. The third-order valence-corrected chi connectivity index (χ3v) is 4.02. The summed E-state index contributed by atoms with van der Waals surface area (Å²) in [6.45, 7) is 5.55. The van der Waals surface area contributed by atoms with Crippen molar-refractivity contribution in [3.05, 3.63) is 0 Å². The zero-order chi connectivity index (χ0) is 13.7. The fourth-order valence-corrected chi connectivity index (χ4v) is 2.67. The van der Waals surface area contributed by atoms with E-state index in [0.29, 0.717) is 18.8 Å². The molecule has 0 radical (unpaired) electrons. The van der Waals surface area contributed by atoms with Crippen LogP contribution < -0.4 is 10.6 Å². The molecule has 5 heteroatoms. The monoisotopic (exact) mass is 267 g/mol. The Morgan fingerprint density at radius 3 is 2.47 bits per heavy atom. The van der Waals surface area contributed by atoms with Crippen LogP contribution in [-0.4, -0.2) is 48.9 Å². The lowest BCUT2D eigenvalue weighted by Gasteiger charge is -2.34. The number of hydrogen-bond acceptors (Lipinski definition) is 3. The Labute approximate surface area is 115 Å². The summed E-state index contributed by atoms with van der Waals surface area (Å²) in [6, 6.07) is 0.258. The van der Waals surface area contributed by atoms with Gasteiger partial charge in [0.25, 0.3) is 0 Å². The van der Waals surface area contributed by atoms with Crippen LogP contribution in [0, 0.1) is 5.92 Å². The van der Waals surface area contributed by atoms with Gasteiger partial charge in [-0.15, -0.1) is 0 Å². The first-order chi connectivity index (χ1) is 9.19. The number of nitrogens with one attached hydrogen (secondary N) is 2. The molecule has 0 aromatic rings. The van der Waals surface area contributed by atoms with Gasteiger partial charge in [0.1, 0.15) is 0 Å². The van der Waals surface area contributed by atoms with Gasteiger partial charge in [-0.2, -0.15) is 0 Å². The van der Waals surface area contributed by atoms with E-state index in [9.17, 15) is 9.59 Å². The van der Waals surface area contributed by atoms with E-state index in [0.717, 1.165) is 45.4 Å². The second kappa shape index (κ2) is 6.89. The molecule has 5 nitrogen and oxygen atoms in total. The van der Waals surface area contributed by atoms with Crippen LogP contribution in [0.3, 0.4) is 0 Å². The highest BCUT2D eigenvalue weighted by Crippen LogP contribution is 2.15. The highest BCUT2D eigenvalue weighted by atomic mass is 16.2. The van der Waals surface area contributed by atoms with Gasteiger partial charge in [0.15, 0.2) is 0 Å². The van der Waals surface area contributed by atoms with E-state index in [4.69, 9.17) is 0 Å². The molecule has 2 aliphatic heterocycles. The van der Waals surface area contributed by atoms with E-state index in [1.807, 2.05) is 11.8 Å². The Hall–Kier alpha value is -1.10. The minimum Gasteiger partial charge on any atom is -0.353 e. The predicted octanol–water partition coefficient (Wildman–Crippen LogP) is 0.503. The predicted molar refractivity (Wildman–Crippen MR) is 73.6 cm³/mol. The highest BCUT2D eigenvalue weighted by Gasteiger charge is 2.27. The van der Waals surface area contributed by atoms with Gasteiger partial charge in [0.05, 0.1) is 0 Å². The molecule has 2 aliphatic rings. The molecule has 2 saturated heterocycles. The molecule has 108 valence electrons. The van der Waals surface area contributed by atoms with Gasteiger partial charge >= 0.3 is 0 Å². The molecule has 19 heavy (non-hydrogen) atoms. The molecule has 2 N–H and O–H groups in total. The van der Waals surface area contributed by atoms with Crippen LogP contribution in [-0.2, 0) is 9.59 Å². The van der Waals surface area contributed by atoms with Crippen LogP contribution in [0.25, 0.3) is 0 Å². The smallest absolute Gasteiger partial charge is 0.222 e. The number of hydrogen-bond donors (Lipinski definition) is 2. The van der Waals surface area contributed by atoms with Crippen molar-refractivity contribution in [2.75, 3.05) is 26.2 Å². The van der Waals surface area contributed by atoms with E-state index in [-0.39, 0.29) is 17.9 Å². The normalized spacial score (nSPS) is 21.0. The van der Waals surface area contributed by atoms with Crippen molar-refractivity contribution < 1.29 is 9.59 Å². The number of amides is 2. The first-order valence-corrected chi connectivity index (χ1v) is 7.47. The topological polar surface area (TPSA) is 61.4 Å². The van der Waals surface area contributed by atoms with E-state index in [1.165, 1.54) is 0 Å². The summed E-state index contributed by atoms with van der Waals surface area (Å²) < 4.78 is 0. The molecule has 0 aromatic heterocycles. The van der Waals surface area contributed by atoms with Crippen LogP contribution in [0.5, 0.6) is 0 Å². The lowest BCUT2D eigenvalue weighted by Crippen LogP contribution is -2.49. The first-order valence-electron chi connectivity index (χ1n) is 7.47. The number of nitrogens with zero attached hydrogens (tertiary/aromatic N) is 1. The Bertz CT molecular complexity index is 321. The third-order valence-electron chi connectivity index (χ3n) is 4.02. The lowest BCUT2D eigenvalue weighted by molar-refractivity contribution is -0.133. The summed E-state index contributed by atoms with van der Waals surface area (Å²) in [7, 11) is 0. The van der Waals surface area contributed by atoms with Gasteiger partial charge in [-0.3, -0.25) is 9.59 Å². The van der Waals surface area contributed by atoms with Crippen molar-refractivity contribution in [1.29, 1.82) is 0 Å². The molecule has 2 heterocycles. The van der Waals surface area contributed by atoms with Crippen molar-refractivity contribution in [2.45, 2.75) is 45.1 Å². The summed E-state index contributed by atoms with van der Waals surface area (Å²) >= 11 is 0. The van der Waals surface area contributed by atoms with Gasteiger partial charge < -0.3 is 15.5 Å². The number of rotatable bonds is 5. The van der Waals surface area contributed by atoms with Crippen LogP contribution in [0.1, 0.15) is 39.0 Å². The second-order valence-corrected chi connectivity index (χ2v) is 5.70. The molecule has 0 saturated carbocycles. The number of carbonyl (C=O) groups excluding carboxylic acids is 2. The minimum absolute atomic E-state index is 0.146. The van der Waals surface area contributed by atoms with E-state index in [1.54, 1.807) is 0 Å². The summed E-state index contributed by atoms with van der Waals surface area (Å²) in [5.41, 5.74) is 0. The standard InChI is InChI=1S/C14H25N3O2/c1-2-3-13(18)16-12-4-6-17(7-5-12)14(19)8-11-9-15-10-11/h11-12,15H,2-10H2,1H3,(H,16,18). The van der Waals surface area contributed by atoms with Gasteiger partial charge in [-0.25, -0.2) is 0 Å². The maximum Gasteiger partial charge on any atom is 0.222 e. The van der Waals surface area contributed by atoms with Crippen molar-refractivity contribution in [2.24, 2.45) is 5.92 Å². The minimum atomic E-state index is 0.146. The van der Waals surface area contributed by atoms with Gasteiger partial charge in [0.2, 0.25) is 11.8 Å². The van der Waals surface area contributed by atoms with Crippen LogP contribution >= 0.6 is 0 Å². The average molecular weight is 267 g/mol. The molecule has 0 aliphatic carbocycles. The Kier molecular flexibility index (Phi) is 5.19. The summed E-state index contributed by atoms with van der Waals surface area (Å²) in [4.78, 5) is 25.5. The van der Waals surface area contributed by atoms with E-state index in [2.05, 4.69) is 10.6 Å². The third kappa shape index (κ3) is 4.20. The first kappa shape index (κ1) is 14.3. The fraction of sp³-hybridized carbons (Fsp3) is 0.857. The maximum atomic E-state index is 12.0. The van der Waals surface area contributed by atoms with Crippen LogP contribution in [0.4, 0.5) is 0 Å². The average Bonchev–Trinajstić information content (AvgIpc) is 2.35. The van der Waals surface area contributed by atoms with Gasteiger partial charge in [0, 0.05) is 32.0 Å². The molecule has 0 aromatic carbocycles. The van der Waals surface area contributed by atoms with Crippen molar-refractivity contribution in [3.63, 3.8) is 0 Å². The molecule has 2 fully saturated rings. The number of likely N-dealkylation sites (tertiary alicyclic amines) is 1. The number of carbonyl (C=O) groups is 2. The molecule has 2 rings (SSSR count). The number of piperidine rings is 1. The molecule has 0 atom stereocenters. The Morgan fingerprint density at radius 2 is 1.95 bits per heavy atom. The summed E-state index contributed by atoms with van der Waals surface area (Å²) in [5.74, 6) is 0.965. The maximum absolute atomic E-state index is 12.0. The van der Waals surface area contributed by atoms with Crippen molar-refractivity contribution in [1.82, 2.24) is 15.5 Å². The lowest BCUT2D eigenvalue weighted by atomic mass is 9.97. The van der Waals surface area contributed by atoms with Crippen molar-refractivity contribution in [3.8, 4) is 0 Å². The molecular weight excluding hydrogens is 242 g/mol. The Morgan fingerprint density at radius 1 is 1.26 bits per heavy atom. The largest absolute Gasteiger partial charge is 0.353 e. The summed E-state index contributed by atoms with van der Waals surface area (Å²) in [6.07, 6.45) is 3.96. The molecule has 0 spiro atoms. The summed E-state index contributed by atoms with van der Waals surface area (Å²) in [5, 5.41) is 6.25. The molecule has 0 unspecified atom stereocenters. The molecule has 0 bridgehead atoms. The van der Waals surface area contributed by atoms with Crippen molar-refractivity contribution >= 4 is 11.8 Å². The molecular formula is C14H25N3O2. The Balaban J connectivity index is 1.66. The van der Waals surface area contributed by atoms with E-state index < -0.39 is 0 Å². The van der Waals surface area contributed by atoms with Crippen LogP contribution in [0.2, 0.25) is 0 Å². The highest BCUT2D eigenvalue weighted by molar-refractivity contribution is 5.77. The van der Waals surface area contributed by atoms with Crippen LogP contribution in [0.15, 0.2) is 0 Å². The molecule has 2 amide bonds. The van der Waals surface area contributed by atoms with E-state index >= 15 is 0 Å². The van der Waals surface area contributed by atoms with Gasteiger partial charge in [-0.1, -0.05) is 6.92 Å². The fourth-order valence-electron chi connectivity index (χ4n) is 2.67. The van der Waals surface area contributed by atoms with Gasteiger partial charge in [-0.05, 0) is 38.3 Å². The quantitative estimate of drug-likeness (QED) is 0.762.